The third kappa shape index (κ3) is 2.93. The molecule has 0 spiro atoms. The maximum Gasteiger partial charge on any atom is 0.453 e. The number of aromatic nitrogens is 3. The molecular formula is C11H8F6N4. The summed E-state index contributed by atoms with van der Waals surface area (Å²) >= 11 is 0. The number of hydrogen-bond donors (Lipinski definition) is 1. The third-order valence-corrected chi connectivity index (χ3v) is 2.61. The lowest BCUT2D eigenvalue weighted by atomic mass is 10.2. The molecule has 0 fully saturated rings. The van der Waals surface area contributed by atoms with Crippen LogP contribution in [0.3, 0.4) is 0 Å². The lowest BCUT2D eigenvalue weighted by molar-refractivity contribution is -0.150. The van der Waals surface area contributed by atoms with E-state index in [9.17, 15) is 26.3 Å². The molecule has 1 aromatic heterocycles. The van der Waals surface area contributed by atoms with Gasteiger partial charge in [-0.25, -0.2) is 4.68 Å². The maximum atomic E-state index is 12.8. The van der Waals surface area contributed by atoms with Crippen molar-refractivity contribution in [2.45, 2.75) is 19.3 Å². The Morgan fingerprint density at radius 3 is 2.14 bits per heavy atom. The number of rotatable bonds is 1. The van der Waals surface area contributed by atoms with Crippen LogP contribution in [0.1, 0.15) is 17.2 Å². The van der Waals surface area contributed by atoms with Crippen LogP contribution in [0, 0.1) is 6.92 Å². The van der Waals surface area contributed by atoms with Gasteiger partial charge < -0.3 is 5.73 Å². The van der Waals surface area contributed by atoms with E-state index in [0.29, 0.717) is 11.3 Å². The van der Waals surface area contributed by atoms with Crippen molar-refractivity contribution in [3.63, 3.8) is 0 Å². The van der Waals surface area contributed by atoms with E-state index in [1.165, 1.54) is 19.1 Å². The van der Waals surface area contributed by atoms with Crippen LogP contribution in [0.25, 0.3) is 5.69 Å². The Kier molecular flexibility index (Phi) is 3.34. The summed E-state index contributed by atoms with van der Waals surface area (Å²) in [6, 6.07) is 3.60. The molecule has 0 unspecified atom stereocenters. The van der Waals surface area contributed by atoms with Crippen LogP contribution in [0.5, 0.6) is 0 Å². The summed E-state index contributed by atoms with van der Waals surface area (Å²) in [6.07, 6.45) is -10.2. The summed E-state index contributed by atoms with van der Waals surface area (Å²) in [5, 5.41) is 2.91. The Labute approximate surface area is 114 Å². The van der Waals surface area contributed by atoms with Crippen molar-refractivity contribution in [1.82, 2.24) is 14.8 Å². The van der Waals surface area contributed by atoms with Crippen molar-refractivity contribution in [1.29, 1.82) is 0 Å². The lowest BCUT2D eigenvalue weighted by Gasteiger charge is -2.09. The number of aryl methyl sites for hydroxylation is 1. The average molecular weight is 310 g/mol. The quantitative estimate of drug-likeness (QED) is 0.650. The third-order valence-electron chi connectivity index (χ3n) is 2.61. The SMILES string of the molecule is Cc1cc(-n2nc(C(F)(F)F)nc2C(F)(F)F)ccc1N. The van der Waals surface area contributed by atoms with Crippen molar-refractivity contribution in [2.75, 3.05) is 5.73 Å². The Bertz CT molecular complexity index is 670. The molecule has 4 nitrogen and oxygen atoms in total. The highest BCUT2D eigenvalue weighted by molar-refractivity contribution is 5.52. The first kappa shape index (κ1) is 15.1. The largest absolute Gasteiger partial charge is 0.453 e. The summed E-state index contributed by atoms with van der Waals surface area (Å²) in [4.78, 5) is 2.55. The van der Waals surface area contributed by atoms with Gasteiger partial charge in [-0.2, -0.15) is 31.3 Å². The highest BCUT2D eigenvalue weighted by atomic mass is 19.4. The molecule has 2 rings (SSSR count). The van der Waals surface area contributed by atoms with Gasteiger partial charge in [0.25, 0.3) is 5.82 Å². The summed E-state index contributed by atoms with van der Waals surface area (Å²) < 4.78 is 76.0. The minimum absolute atomic E-state index is 0.106. The number of nitrogen functional groups attached to an aromatic ring is 1. The van der Waals surface area contributed by atoms with Crippen molar-refractivity contribution in [2.24, 2.45) is 0 Å². The molecule has 0 aliphatic heterocycles. The predicted molar refractivity (Wildman–Crippen MR) is 60.5 cm³/mol. The monoisotopic (exact) mass is 310 g/mol. The topological polar surface area (TPSA) is 56.7 Å². The Hall–Kier alpha value is -2.26. The van der Waals surface area contributed by atoms with Gasteiger partial charge >= 0.3 is 12.4 Å². The fourth-order valence-electron chi connectivity index (χ4n) is 1.59. The number of nitrogens with two attached hydrogens (primary N) is 1. The second-order valence-electron chi connectivity index (χ2n) is 4.21. The highest BCUT2D eigenvalue weighted by Crippen LogP contribution is 2.34. The van der Waals surface area contributed by atoms with E-state index < -0.39 is 24.0 Å². The van der Waals surface area contributed by atoms with Crippen LogP contribution in [0.4, 0.5) is 32.0 Å². The van der Waals surface area contributed by atoms with E-state index in [-0.39, 0.29) is 10.4 Å². The molecule has 0 saturated carbocycles. The maximum absolute atomic E-state index is 12.8. The number of anilines is 1. The van der Waals surface area contributed by atoms with Crippen LogP contribution in [0.2, 0.25) is 0 Å². The summed E-state index contributed by atoms with van der Waals surface area (Å²) in [6.45, 7) is 1.51. The predicted octanol–water partition coefficient (Wildman–Crippen LogP) is 3.20. The Balaban J connectivity index is 2.66. The second kappa shape index (κ2) is 4.64. The lowest BCUT2D eigenvalue weighted by Crippen LogP contribution is -2.14. The standard InChI is InChI=1S/C11H8F6N4/c1-5-4-6(2-3-7(5)18)21-9(11(15,16)17)19-8(20-21)10(12,13)14/h2-4H,18H2,1H3. The molecule has 0 aliphatic rings. The summed E-state index contributed by atoms with van der Waals surface area (Å²) in [7, 11) is 0. The van der Waals surface area contributed by atoms with Gasteiger partial charge in [-0.1, -0.05) is 0 Å². The van der Waals surface area contributed by atoms with Gasteiger partial charge in [-0.15, -0.1) is 5.10 Å². The van der Waals surface area contributed by atoms with Gasteiger partial charge in [-0.05, 0) is 30.7 Å². The van der Waals surface area contributed by atoms with Crippen molar-refractivity contribution < 1.29 is 26.3 Å². The van der Waals surface area contributed by atoms with E-state index in [1.807, 2.05) is 0 Å². The van der Waals surface area contributed by atoms with Gasteiger partial charge in [0.15, 0.2) is 0 Å². The van der Waals surface area contributed by atoms with Crippen LogP contribution in [-0.2, 0) is 12.4 Å². The van der Waals surface area contributed by atoms with Gasteiger partial charge in [0, 0.05) is 5.69 Å². The molecule has 0 radical (unpaired) electrons. The molecule has 0 amide bonds. The smallest absolute Gasteiger partial charge is 0.399 e. The van der Waals surface area contributed by atoms with Crippen LogP contribution in [-0.4, -0.2) is 14.8 Å². The van der Waals surface area contributed by atoms with Crippen molar-refractivity contribution in [3.8, 4) is 5.69 Å². The fraction of sp³-hybridized carbons (Fsp3) is 0.273. The molecule has 0 aliphatic carbocycles. The van der Waals surface area contributed by atoms with Crippen LogP contribution < -0.4 is 5.73 Å². The van der Waals surface area contributed by atoms with Crippen LogP contribution >= 0.6 is 0 Å². The number of hydrogen-bond acceptors (Lipinski definition) is 3. The summed E-state index contributed by atoms with van der Waals surface area (Å²) in [5.74, 6) is -3.61. The molecule has 0 atom stereocenters. The van der Waals surface area contributed by atoms with Gasteiger partial charge in [-0.3, -0.25) is 0 Å². The first-order valence-electron chi connectivity index (χ1n) is 5.48. The normalized spacial score (nSPS) is 12.7. The van der Waals surface area contributed by atoms with Gasteiger partial charge in [0.05, 0.1) is 5.69 Å². The minimum Gasteiger partial charge on any atom is -0.399 e. The van der Waals surface area contributed by atoms with Crippen molar-refractivity contribution in [3.05, 3.63) is 35.4 Å². The molecule has 114 valence electrons. The molecule has 10 heteroatoms. The van der Waals surface area contributed by atoms with Crippen LogP contribution in [0.15, 0.2) is 18.2 Å². The highest BCUT2D eigenvalue weighted by Gasteiger charge is 2.44. The molecule has 0 saturated heterocycles. The van der Waals surface area contributed by atoms with E-state index in [1.54, 1.807) is 0 Å². The summed E-state index contributed by atoms with van der Waals surface area (Å²) in [5.41, 5.74) is 6.01. The zero-order valence-corrected chi connectivity index (χ0v) is 10.4. The Morgan fingerprint density at radius 1 is 1.05 bits per heavy atom. The number of halogens is 6. The van der Waals surface area contributed by atoms with Crippen molar-refractivity contribution >= 4 is 5.69 Å². The molecule has 2 N–H and O–H groups in total. The Morgan fingerprint density at radius 2 is 1.67 bits per heavy atom. The minimum atomic E-state index is -5.08. The first-order valence-corrected chi connectivity index (χ1v) is 5.48. The van der Waals surface area contributed by atoms with Gasteiger partial charge in [0.2, 0.25) is 5.82 Å². The fourth-order valence-corrected chi connectivity index (χ4v) is 1.59. The molecule has 0 bridgehead atoms. The van der Waals surface area contributed by atoms with Gasteiger partial charge in [0.1, 0.15) is 0 Å². The molecular weight excluding hydrogens is 302 g/mol. The molecule has 21 heavy (non-hydrogen) atoms. The number of alkyl halides is 6. The number of nitrogens with zero attached hydrogens (tertiary/aromatic N) is 3. The molecule has 1 heterocycles. The number of benzene rings is 1. The zero-order chi connectivity index (χ0) is 16.0. The zero-order valence-electron chi connectivity index (χ0n) is 10.4. The van der Waals surface area contributed by atoms with E-state index in [0.717, 1.165) is 6.07 Å². The average Bonchev–Trinajstić information content (AvgIpc) is 2.77. The first-order chi connectivity index (χ1) is 9.50. The van der Waals surface area contributed by atoms with E-state index >= 15 is 0 Å². The molecule has 1 aromatic carbocycles. The van der Waals surface area contributed by atoms with E-state index in [4.69, 9.17) is 5.73 Å². The van der Waals surface area contributed by atoms with E-state index in [2.05, 4.69) is 10.1 Å². The molecule has 2 aromatic rings. The second-order valence-corrected chi connectivity index (χ2v) is 4.21.